The molecule has 2 aliphatic rings. The van der Waals surface area contributed by atoms with Crippen LogP contribution in [0.4, 0.5) is 0 Å². The summed E-state index contributed by atoms with van der Waals surface area (Å²) in [5.74, 6) is -0.524. The maximum absolute atomic E-state index is 13.3. The number of ether oxygens (including phenoxy) is 2. The fourth-order valence-corrected chi connectivity index (χ4v) is 9.35. The first kappa shape index (κ1) is 38.0. The lowest BCUT2D eigenvalue weighted by atomic mass is 9.62. The van der Waals surface area contributed by atoms with Crippen molar-refractivity contribution >= 4 is 45.1 Å². The number of esters is 2. The summed E-state index contributed by atoms with van der Waals surface area (Å²) in [7, 11) is 1.73. The fourth-order valence-electron chi connectivity index (χ4n) is 9.08. The minimum atomic E-state index is -0.690. The molecule has 0 N–H and O–H groups in total. The molecule has 286 valence electrons. The predicted octanol–water partition coefficient (Wildman–Crippen LogP) is 13.7. The second kappa shape index (κ2) is 13.3. The van der Waals surface area contributed by atoms with E-state index in [1.165, 1.54) is 22.3 Å². The summed E-state index contributed by atoms with van der Waals surface area (Å²) in [6, 6.07) is 32.1. The predicted molar refractivity (Wildman–Crippen MR) is 231 cm³/mol. The van der Waals surface area contributed by atoms with Crippen LogP contribution in [-0.4, -0.2) is 19.0 Å². The number of fused-ring (bicyclic) bond motifs is 4. The second-order valence-corrected chi connectivity index (χ2v) is 19.1. The van der Waals surface area contributed by atoms with Gasteiger partial charge in [-0.3, -0.25) is 0 Å². The molecule has 0 atom stereocenters. The largest absolute Gasteiger partial charge is 0.496 e. The SMILES string of the molecule is COc1cc2c(cc1-c1ccc3cc(C(=O)OC(=O)c4ccc5cc(-c6cc7c(cc6Cl)C(C)(C)CCC7(C)C)ccc5c4)ccc3c1)C(C)(C)CCC2(C)C. The first-order valence-electron chi connectivity index (χ1n) is 19.8. The number of hydrogen-bond donors (Lipinski definition) is 0. The van der Waals surface area contributed by atoms with Gasteiger partial charge in [-0.25, -0.2) is 9.59 Å². The first-order valence-corrected chi connectivity index (χ1v) is 20.2. The van der Waals surface area contributed by atoms with E-state index >= 15 is 0 Å². The van der Waals surface area contributed by atoms with Gasteiger partial charge in [0.2, 0.25) is 0 Å². The van der Waals surface area contributed by atoms with Gasteiger partial charge in [0.1, 0.15) is 5.75 Å². The molecule has 0 aliphatic heterocycles. The van der Waals surface area contributed by atoms with Gasteiger partial charge < -0.3 is 9.47 Å². The van der Waals surface area contributed by atoms with Crippen LogP contribution in [0.15, 0.2) is 97.1 Å². The number of methoxy groups -OCH3 is 1. The number of halogens is 1. The highest BCUT2D eigenvalue weighted by molar-refractivity contribution is 6.33. The summed E-state index contributed by atoms with van der Waals surface area (Å²) in [4.78, 5) is 26.6. The van der Waals surface area contributed by atoms with Crippen molar-refractivity contribution in [2.24, 2.45) is 0 Å². The summed E-state index contributed by atoms with van der Waals surface area (Å²) < 4.78 is 11.4. The standard InChI is InChI=1S/C51H51ClO4/c1-48(2)18-20-50(5,6)42-28-44(52)38(26-40(42)48)34-14-10-32-24-36(16-12-30(32)22-34)46(53)56-47(54)37-17-13-31-23-35(15-11-33(31)25-37)39-27-41-43(29-45(39)55-9)51(7,8)21-19-49(41,3)4/h10-17,22-29H,18-21H2,1-9H3. The van der Waals surface area contributed by atoms with Crippen LogP contribution in [0.2, 0.25) is 5.02 Å². The molecule has 8 rings (SSSR count). The topological polar surface area (TPSA) is 52.6 Å². The lowest BCUT2D eigenvalue weighted by Gasteiger charge is -2.42. The number of carbonyl (C=O) groups is 2. The Balaban J connectivity index is 1.02. The van der Waals surface area contributed by atoms with Gasteiger partial charge >= 0.3 is 11.9 Å². The lowest BCUT2D eigenvalue weighted by molar-refractivity contribution is 0.0398. The second-order valence-electron chi connectivity index (χ2n) is 18.7. The first-order chi connectivity index (χ1) is 26.4. The summed E-state index contributed by atoms with van der Waals surface area (Å²) in [6.45, 7) is 18.5. The third kappa shape index (κ3) is 6.60. The van der Waals surface area contributed by atoms with Crippen molar-refractivity contribution in [2.45, 2.75) is 103 Å². The van der Waals surface area contributed by atoms with Crippen molar-refractivity contribution in [1.29, 1.82) is 0 Å². The van der Waals surface area contributed by atoms with Gasteiger partial charge in [-0.15, -0.1) is 0 Å². The molecule has 0 radical (unpaired) electrons. The van der Waals surface area contributed by atoms with E-state index < -0.39 is 11.9 Å². The summed E-state index contributed by atoms with van der Waals surface area (Å²) >= 11 is 6.95. The van der Waals surface area contributed by atoms with Gasteiger partial charge in [-0.05, 0) is 163 Å². The Labute approximate surface area is 336 Å². The molecule has 5 heteroatoms. The van der Waals surface area contributed by atoms with Crippen molar-refractivity contribution in [3.05, 3.63) is 135 Å². The summed E-state index contributed by atoms with van der Waals surface area (Å²) in [5.41, 5.74) is 10.4. The third-order valence-corrected chi connectivity index (χ3v) is 13.4. The van der Waals surface area contributed by atoms with Crippen LogP contribution in [0.5, 0.6) is 5.75 Å². The molecule has 0 amide bonds. The van der Waals surface area contributed by atoms with E-state index in [1.807, 2.05) is 30.3 Å². The Bertz CT molecular complexity index is 2610. The van der Waals surface area contributed by atoms with E-state index in [9.17, 15) is 9.59 Å². The average molecular weight is 763 g/mol. The molecule has 0 unspecified atom stereocenters. The van der Waals surface area contributed by atoms with E-state index in [4.69, 9.17) is 21.1 Å². The van der Waals surface area contributed by atoms with E-state index in [1.54, 1.807) is 31.4 Å². The molecule has 0 heterocycles. The number of hydrogen-bond acceptors (Lipinski definition) is 4. The van der Waals surface area contributed by atoms with Crippen LogP contribution in [0.25, 0.3) is 43.8 Å². The highest BCUT2D eigenvalue weighted by Gasteiger charge is 2.39. The quantitative estimate of drug-likeness (QED) is 0.130. The van der Waals surface area contributed by atoms with Crippen LogP contribution in [0.1, 0.15) is 124 Å². The Morgan fingerprint density at radius 3 is 1.32 bits per heavy atom. The van der Waals surface area contributed by atoms with E-state index in [2.05, 4.69) is 97.9 Å². The molecule has 0 bridgehead atoms. The van der Waals surface area contributed by atoms with Crippen LogP contribution in [0.3, 0.4) is 0 Å². The van der Waals surface area contributed by atoms with Crippen LogP contribution in [-0.2, 0) is 26.4 Å². The minimum absolute atomic E-state index is 0.0660. The third-order valence-electron chi connectivity index (χ3n) is 13.1. The van der Waals surface area contributed by atoms with Gasteiger partial charge in [-0.1, -0.05) is 103 Å². The van der Waals surface area contributed by atoms with Crippen molar-refractivity contribution < 1.29 is 19.1 Å². The average Bonchev–Trinajstić information content (AvgIpc) is 3.17. The summed E-state index contributed by atoms with van der Waals surface area (Å²) in [5, 5.41) is 4.43. The molecular formula is C51H51ClO4. The molecule has 0 saturated heterocycles. The van der Waals surface area contributed by atoms with Gasteiger partial charge in [0.15, 0.2) is 0 Å². The number of benzene rings is 6. The van der Waals surface area contributed by atoms with Crippen LogP contribution < -0.4 is 4.74 Å². The maximum atomic E-state index is 13.3. The summed E-state index contributed by atoms with van der Waals surface area (Å²) in [6.07, 6.45) is 4.51. The zero-order valence-corrected chi connectivity index (χ0v) is 34.8. The number of carbonyl (C=O) groups excluding carboxylic acids is 2. The van der Waals surface area contributed by atoms with Crippen molar-refractivity contribution in [3.8, 4) is 28.0 Å². The molecule has 0 saturated carbocycles. The lowest BCUT2D eigenvalue weighted by Crippen LogP contribution is -2.33. The number of rotatable bonds is 5. The molecule has 0 aromatic heterocycles. The minimum Gasteiger partial charge on any atom is -0.496 e. The van der Waals surface area contributed by atoms with Crippen molar-refractivity contribution in [3.63, 3.8) is 0 Å². The monoisotopic (exact) mass is 762 g/mol. The Morgan fingerprint density at radius 2 is 0.857 bits per heavy atom. The van der Waals surface area contributed by atoms with Crippen molar-refractivity contribution in [2.75, 3.05) is 7.11 Å². The Hall–Kier alpha value is -4.93. The highest BCUT2D eigenvalue weighted by atomic mass is 35.5. The molecule has 6 aromatic rings. The van der Waals surface area contributed by atoms with Crippen LogP contribution in [0, 0.1) is 0 Å². The van der Waals surface area contributed by atoms with E-state index in [-0.39, 0.29) is 21.7 Å². The fraction of sp³-hybridized carbons (Fsp3) is 0.333. The molecule has 2 aliphatic carbocycles. The molecule has 56 heavy (non-hydrogen) atoms. The smallest absolute Gasteiger partial charge is 0.346 e. The normalized spacial score (nSPS) is 17.5. The van der Waals surface area contributed by atoms with Crippen LogP contribution >= 0.6 is 11.6 Å². The van der Waals surface area contributed by atoms with E-state index in [0.717, 1.165) is 80.3 Å². The molecule has 4 nitrogen and oxygen atoms in total. The van der Waals surface area contributed by atoms with Gasteiger partial charge in [0.05, 0.1) is 18.2 Å². The maximum Gasteiger partial charge on any atom is 0.346 e. The Kier molecular flexibility index (Phi) is 9.04. The molecule has 0 spiro atoms. The zero-order chi connectivity index (χ0) is 39.9. The molecule has 0 fully saturated rings. The molecule has 6 aromatic carbocycles. The highest BCUT2D eigenvalue weighted by Crippen LogP contribution is 2.50. The molecular weight excluding hydrogens is 712 g/mol. The Morgan fingerprint density at radius 1 is 0.482 bits per heavy atom. The van der Waals surface area contributed by atoms with E-state index in [0.29, 0.717) is 11.1 Å². The van der Waals surface area contributed by atoms with Gasteiger partial charge in [0, 0.05) is 16.1 Å². The van der Waals surface area contributed by atoms with Gasteiger partial charge in [-0.2, -0.15) is 0 Å². The van der Waals surface area contributed by atoms with Crippen molar-refractivity contribution in [1.82, 2.24) is 0 Å². The van der Waals surface area contributed by atoms with Gasteiger partial charge in [0.25, 0.3) is 0 Å². The zero-order valence-electron chi connectivity index (χ0n) is 34.1.